The lowest BCUT2D eigenvalue weighted by molar-refractivity contribution is -0.129. The van der Waals surface area contributed by atoms with Crippen LogP contribution in [0.25, 0.3) is 0 Å². The van der Waals surface area contributed by atoms with Crippen molar-refractivity contribution in [3.63, 3.8) is 0 Å². The number of hydrogen-bond acceptors (Lipinski definition) is 2. The van der Waals surface area contributed by atoms with E-state index in [-0.39, 0.29) is 12.0 Å². The highest BCUT2D eigenvalue weighted by atomic mass is 16.3. The number of rotatable bonds is 2. The van der Waals surface area contributed by atoms with Crippen LogP contribution in [0.2, 0.25) is 0 Å². The average Bonchev–Trinajstić information content (AvgIpc) is 2.86. The van der Waals surface area contributed by atoms with Crippen molar-refractivity contribution in [2.45, 2.75) is 44.6 Å². The number of aliphatic hydroxyl groups excluding tert-OH is 1. The van der Waals surface area contributed by atoms with Crippen LogP contribution in [0.1, 0.15) is 38.5 Å². The van der Waals surface area contributed by atoms with Gasteiger partial charge in [-0.05, 0) is 31.6 Å². The van der Waals surface area contributed by atoms with Gasteiger partial charge in [-0.2, -0.15) is 0 Å². The van der Waals surface area contributed by atoms with Gasteiger partial charge in [0.15, 0.2) is 0 Å². The third kappa shape index (κ3) is 1.53. The van der Waals surface area contributed by atoms with Crippen LogP contribution in [0.4, 0.5) is 0 Å². The number of hydrogen-bond donors (Lipinski definition) is 1. The molecule has 0 amide bonds. The molecule has 0 heterocycles. The normalized spacial score (nSPS) is 33.4. The van der Waals surface area contributed by atoms with Crippen LogP contribution in [0, 0.1) is 11.8 Å². The second kappa shape index (κ2) is 3.17. The lowest BCUT2D eigenvalue weighted by atomic mass is 9.82. The van der Waals surface area contributed by atoms with E-state index in [0.29, 0.717) is 18.1 Å². The molecule has 0 radical (unpaired) electrons. The van der Waals surface area contributed by atoms with E-state index in [1.54, 1.807) is 0 Å². The summed E-state index contributed by atoms with van der Waals surface area (Å²) >= 11 is 0. The van der Waals surface area contributed by atoms with E-state index in [4.69, 9.17) is 0 Å². The molecule has 0 aromatic rings. The first kappa shape index (κ1) is 8.24. The molecule has 2 aliphatic carbocycles. The number of carbonyl (C=O) groups is 1. The largest absolute Gasteiger partial charge is 0.392 e. The smallest absolute Gasteiger partial charge is 0.138 e. The lowest BCUT2D eigenvalue weighted by Crippen LogP contribution is -2.32. The number of ketones is 1. The molecule has 68 valence electrons. The highest BCUT2D eigenvalue weighted by Gasteiger charge is 2.38. The van der Waals surface area contributed by atoms with Crippen LogP contribution >= 0.6 is 0 Å². The molecule has 2 atom stereocenters. The van der Waals surface area contributed by atoms with Gasteiger partial charge in [0.05, 0.1) is 6.10 Å². The maximum Gasteiger partial charge on any atom is 0.138 e. The Labute approximate surface area is 73.0 Å². The average molecular weight is 168 g/mol. The van der Waals surface area contributed by atoms with E-state index in [1.807, 2.05) is 0 Å². The van der Waals surface area contributed by atoms with Crippen molar-refractivity contribution >= 4 is 5.78 Å². The Hall–Kier alpha value is -0.370. The summed E-state index contributed by atoms with van der Waals surface area (Å²) in [5, 5.41) is 9.76. The fourth-order valence-corrected chi connectivity index (χ4v) is 2.14. The van der Waals surface area contributed by atoms with Gasteiger partial charge in [-0.25, -0.2) is 0 Å². The van der Waals surface area contributed by atoms with Crippen molar-refractivity contribution in [3.8, 4) is 0 Å². The molecule has 0 aromatic carbocycles. The third-order valence-electron chi connectivity index (χ3n) is 3.12. The second-order valence-electron chi connectivity index (χ2n) is 4.15. The third-order valence-corrected chi connectivity index (χ3v) is 3.12. The van der Waals surface area contributed by atoms with Crippen molar-refractivity contribution in [3.05, 3.63) is 0 Å². The molecule has 0 bridgehead atoms. The SMILES string of the molecule is O=C1CCCCC1C(O)C1CC1. The minimum atomic E-state index is -0.308. The molecular formula is C10H16O2. The monoisotopic (exact) mass is 168 g/mol. The van der Waals surface area contributed by atoms with Gasteiger partial charge in [-0.3, -0.25) is 4.79 Å². The van der Waals surface area contributed by atoms with Gasteiger partial charge in [0.1, 0.15) is 5.78 Å². The lowest BCUT2D eigenvalue weighted by Gasteiger charge is -2.25. The maximum atomic E-state index is 11.4. The molecule has 0 aliphatic heterocycles. The Morgan fingerprint density at radius 3 is 2.58 bits per heavy atom. The molecule has 2 nitrogen and oxygen atoms in total. The van der Waals surface area contributed by atoms with Gasteiger partial charge in [0.2, 0.25) is 0 Å². The van der Waals surface area contributed by atoms with Crippen LogP contribution in [0.5, 0.6) is 0 Å². The summed E-state index contributed by atoms with van der Waals surface area (Å²) in [4.78, 5) is 11.4. The number of aliphatic hydroxyl groups is 1. The fourth-order valence-electron chi connectivity index (χ4n) is 2.14. The Morgan fingerprint density at radius 1 is 1.25 bits per heavy atom. The molecule has 2 rings (SSSR count). The van der Waals surface area contributed by atoms with Crippen LogP contribution in [0.15, 0.2) is 0 Å². The van der Waals surface area contributed by atoms with Crippen LogP contribution < -0.4 is 0 Å². The molecule has 0 aromatic heterocycles. The molecule has 12 heavy (non-hydrogen) atoms. The minimum absolute atomic E-state index is 0.00810. The molecule has 2 aliphatic rings. The summed E-state index contributed by atoms with van der Waals surface area (Å²) < 4.78 is 0. The summed E-state index contributed by atoms with van der Waals surface area (Å²) in [5.74, 6) is 0.754. The van der Waals surface area contributed by atoms with Gasteiger partial charge in [-0.1, -0.05) is 6.42 Å². The van der Waals surface area contributed by atoms with Crippen LogP contribution in [-0.2, 0) is 4.79 Å². The molecule has 0 spiro atoms. The zero-order valence-electron chi connectivity index (χ0n) is 7.33. The van der Waals surface area contributed by atoms with Gasteiger partial charge in [-0.15, -0.1) is 0 Å². The van der Waals surface area contributed by atoms with E-state index < -0.39 is 0 Å². The Kier molecular flexibility index (Phi) is 2.18. The highest BCUT2D eigenvalue weighted by Crippen LogP contribution is 2.38. The summed E-state index contributed by atoms with van der Waals surface area (Å²) in [5.41, 5.74) is 0. The first-order valence-corrected chi connectivity index (χ1v) is 5.00. The van der Waals surface area contributed by atoms with Crippen LogP contribution in [-0.4, -0.2) is 17.0 Å². The second-order valence-corrected chi connectivity index (χ2v) is 4.15. The van der Waals surface area contributed by atoms with Gasteiger partial charge in [0, 0.05) is 12.3 Å². The summed E-state index contributed by atoms with van der Waals surface area (Å²) in [6.07, 6.45) is 5.74. The van der Waals surface area contributed by atoms with E-state index in [1.165, 1.54) is 0 Å². The molecule has 2 heteroatoms. The predicted molar refractivity (Wildman–Crippen MR) is 45.7 cm³/mol. The van der Waals surface area contributed by atoms with Gasteiger partial charge < -0.3 is 5.11 Å². The quantitative estimate of drug-likeness (QED) is 0.678. The molecule has 1 N–H and O–H groups in total. The standard InChI is InChI=1S/C10H16O2/c11-9-4-2-1-3-8(9)10(12)7-5-6-7/h7-8,10,12H,1-6H2. The molecule has 2 unspecified atom stereocenters. The van der Waals surface area contributed by atoms with E-state index in [9.17, 15) is 9.90 Å². The zero-order chi connectivity index (χ0) is 8.55. The van der Waals surface area contributed by atoms with Crippen molar-refractivity contribution < 1.29 is 9.90 Å². The Bertz CT molecular complexity index is 184. The van der Waals surface area contributed by atoms with E-state index >= 15 is 0 Å². The minimum Gasteiger partial charge on any atom is -0.392 e. The van der Waals surface area contributed by atoms with E-state index in [2.05, 4.69) is 0 Å². The Morgan fingerprint density at radius 2 is 2.00 bits per heavy atom. The predicted octanol–water partition coefficient (Wildman–Crippen LogP) is 1.52. The summed E-state index contributed by atoms with van der Waals surface area (Å²) in [6.45, 7) is 0. The zero-order valence-corrected chi connectivity index (χ0v) is 7.33. The topological polar surface area (TPSA) is 37.3 Å². The first-order chi connectivity index (χ1) is 5.79. The number of Topliss-reactive ketones (excluding diaryl/α,β-unsaturated/α-hetero) is 1. The van der Waals surface area contributed by atoms with Crippen molar-refractivity contribution in [2.24, 2.45) is 11.8 Å². The van der Waals surface area contributed by atoms with Crippen LogP contribution in [0.3, 0.4) is 0 Å². The molecule has 2 saturated carbocycles. The van der Waals surface area contributed by atoms with E-state index in [0.717, 1.165) is 32.1 Å². The maximum absolute atomic E-state index is 11.4. The summed E-state index contributed by atoms with van der Waals surface area (Å²) in [6, 6.07) is 0. The van der Waals surface area contributed by atoms with Crippen molar-refractivity contribution in [1.82, 2.24) is 0 Å². The van der Waals surface area contributed by atoms with Gasteiger partial charge >= 0.3 is 0 Å². The Balaban J connectivity index is 1.94. The fraction of sp³-hybridized carbons (Fsp3) is 0.900. The van der Waals surface area contributed by atoms with Gasteiger partial charge in [0.25, 0.3) is 0 Å². The molecular weight excluding hydrogens is 152 g/mol. The first-order valence-electron chi connectivity index (χ1n) is 5.00. The summed E-state index contributed by atoms with van der Waals surface area (Å²) in [7, 11) is 0. The molecule has 0 saturated heterocycles. The van der Waals surface area contributed by atoms with Crippen molar-refractivity contribution in [2.75, 3.05) is 0 Å². The molecule has 2 fully saturated rings. The number of carbonyl (C=O) groups excluding carboxylic acids is 1. The highest BCUT2D eigenvalue weighted by molar-refractivity contribution is 5.82. The van der Waals surface area contributed by atoms with Crippen molar-refractivity contribution in [1.29, 1.82) is 0 Å².